The van der Waals surface area contributed by atoms with Crippen molar-refractivity contribution in [1.29, 1.82) is 0 Å². The van der Waals surface area contributed by atoms with Crippen molar-refractivity contribution in [3.05, 3.63) is 74.3 Å². The zero-order valence-corrected chi connectivity index (χ0v) is 14.8. The number of pyridine rings is 1. The standard InChI is InChI=1S/C19H15ClFNO4/c1-22-9-13(19(24)25)18(23)12-7-11(16(26-2)8-15(12)22)6-10-4-3-5-14(20)17(10)21/h3-5,7-9H,6H2,1-2H3,(H,24,25). The highest BCUT2D eigenvalue weighted by Gasteiger charge is 2.17. The minimum atomic E-state index is -1.30. The van der Waals surface area contributed by atoms with Gasteiger partial charge in [-0.1, -0.05) is 23.7 Å². The Bertz CT molecular complexity index is 1090. The molecule has 0 spiro atoms. The average molecular weight is 376 g/mol. The molecule has 0 aliphatic carbocycles. The van der Waals surface area contributed by atoms with Gasteiger partial charge in [-0.05, 0) is 23.3 Å². The number of aromatic carboxylic acids is 1. The molecule has 0 saturated carbocycles. The van der Waals surface area contributed by atoms with E-state index in [9.17, 15) is 19.1 Å². The third-order valence-corrected chi connectivity index (χ3v) is 4.53. The van der Waals surface area contributed by atoms with Gasteiger partial charge >= 0.3 is 5.97 Å². The second kappa shape index (κ2) is 6.80. The molecule has 1 heterocycles. The van der Waals surface area contributed by atoms with Crippen LogP contribution in [0.15, 0.2) is 41.3 Å². The van der Waals surface area contributed by atoms with Gasteiger partial charge in [0.2, 0.25) is 5.43 Å². The molecule has 134 valence electrons. The lowest BCUT2D eigenvalue weighted by Gasteiger charge is -2.14. The zero-order valence-electron chi connectivity index (χ0n) is 14.0. The second-order valence-corrected chi connectivity index (χ2v) is 6.27. The Morgan fingerprint density at radius 2 is 2.04 bits per heavy atom. The predicted molar refractivity (Wildman–Crippen MR) is 96.9 cm³/mol. The molecule has 7 heteroatoms. The zero-order chi connectivity index (χ0) is 19.0. The summed E-state index contributed by atoms with van der Waals surface area (Å²) in [5.74, 6) is -1.37. The first-order valence-corrected chi connectivity index (χ1v) is 8.07. The van der Waals surface area contributed by atoms with E-state index in [1.54, 1.807) is 35.9 Å². The van der Waals surface area contributed by atoms with Crippen molar-refractivity contribution in [2.24, 2.45) is 7.05 Å². The molecule has 0 saturated heterocycles. The number of benzene rings is 2. The van der Waals surface area contributed by atoms with Crippen LogP contribution in [-0.4, -0.2) is 22.8 Å². The first-order valence-electron chi connectivity index (χ1n) is 7.70. The Balaban J connectivity index is 2.25. The van der Waals surface area contributed by atoms with Crippen LogP contribution in [0.3, 0.4) is 0 Å². The van der Waals surface area contributed by atoms with Crippen molar-refractivity contribution in [2.45, 2.75) is 6.42 Å². The number of methoxy groups -OCH3 is 1. The Morgan fingerprint density at radius 1 is 1.31 bits per heavy atom. The number of hydrogen-bond acceptors (Lipinski definition) is 3. The number of halogens is 2. The number of fused-ring (bicyclic) bond motifs is 1. The van der Waals surface area contributed by atoms with E-state index in [4.69, 9.17) is 16.3 Å². The van der Waals surface area contributed by atoms with Crippen molar-refractivity contribution in [1.82, 2.24) is 4.57 Å². The number of carboxylic acid groups (broad SMARTS) is 1. The van der Waals surface area contributed by atoms with Crippen molar-refractivity contribution in [2.75, 3.05) is 7.11 Å². The van der Waals surface area contributed by atoms with Gasteiger partial charge in [-0.3, -0.25) is 4.79 Å². The molecule has 3 aromatic rings. The van der Waals surface area contributed by atoms with Gasteiger partial charge < -0.3 is 14.4 Å². The molecule has 1 aromatic heterocycles. The van der Waals surface area contributed by atoms with E-state index in [2.05, 4.69) is 0 Å². The fourth-order valence-corrected chi connectivity index (χ4v) is 3.12. The third kappa shape index (κ3) is 3.04. The molecular weight excluding hydrogens is 361 g/mol. The van der Waals surface area contributed by atoms with E-state index < -0.39 is 17.2 Å². The van der Waals surface area contributed by atoms with Gasteiger partial charge in [0.1, 0.15) is 17.1 Å². The maximum atomic E-state index is 14.2. The molecule has 1 N–H and O–H groups in total. The lowest BCUT2D eigenvalue weighted by Crippen LogP contribution is -2.18. The monoisotopic (exact) mass is 375 g/mol. The highest BCUT2D eigenvalue weighted by Crippen LogP contribution is 2.29. The van der Waals surface area contributed by atoms with Crippen molar-refractivity contribution in [3.8, 4) is 5.75 Å². The van der Waals surface area contributed by atoms with Crippen molar-refractivity contribution >= 4 is 28.5 Å². The first-order chi connectivity index (χ1) is 12.3. The minimum Gasteiger partial charge on any atom is -0.496 e. The Hall–Kier alpha value is -2.86. The Kier molecular flexibility index (Phi) is 4.70. The molecule has 0 bridgehead atoms. The molecule has 0 fully saturated rings. The molecule has 0 aliphatic rings. The number of aromatic nitrogens is 1. The number of rotatable bonds is 4. The number of nitrogens with zero attached hydrogens (tertiary/aromatic N) is 1. The van der Waals surface area contributed by atoms with Crippen LogP contribution in [0, 0.1) is 5.82 Å². The fourth-order valence-electron chi connectivity index (χ4n) is 2.93. The van der Waals surface area contributed by atoms with Crippen molar-refractivity contribution in [3.63, 3.8) is 0 Å². The summed E-state index contributed by atoms with van der Waals surface area (Å²) in [7, 11) is 3.12. The van der Waals surface area contributed by atoms with Crippen LogP contribution in [0.1, 0.15) is 21.5 Å². The number of hydrogen-bond donors (Lipinski definition) is 1. The third-order valence-electron chi connectivity index (χ3n) is 4.23. The molecule has 5 nitrogen and oxygen atoms in total. The summed E-state index contributed by atoms with van der Waals surface area (Å²) in [5, 5.41) is 9.45. The summed E-state index contributed by atoms with van der Waals surface area (Å²) in [4.78, 5) is 23.8. The van der Waals surface area contributed by atoms with Gasteiger partial charge in [-0.15, -0.1) is 0 Å². The van der Waals surface area contributed by atoms with Gasteiger partial charge in [-0.25, -0.2) is 9.18 Å². The Labute approximate surface area is 153 Å². The maximum Gasteiger partial charge on any atom is 0.341 e. The van der Waals surface area contributed by atoms with Gasteiger partial charge in [0.15, 0.2) is 0 Å². The molecule has 0 atom stereocenters. The highest BCUT2D eigenvalue weighted by molar-refractivity contribution is 6.30. The van der Waals surface area contributed by atoms with Gasteiger partial charge in [-0.2, -0.15) is 0 Å². The lowest BCUT2D eigenvalue weighted by atomic mass is 10.00. The molecule has 0 aliphatic heterocycles. The van der Waals surface area contributed by atoms with Crippen LogP contribution >= 0.6 is 11.6 Å². The summed E-state index contributed by atoms with van der Waals surface area (Å²) >= 11 is 5.83. The second-order valence-electron chi connectivity index (χ2n) is 5.86. The first kappa shape index (κ1) is 17.9. The molecule has 3 rings (SSSR count). The largest absolute Gasteiger partial charge is 0.496 e. The van der Waals surface area contributed by atoms with E-state index in [-0.39, 0.29) is 22.4 Å². The van der Waals surface area contributed by atoms with Crippen LogP contribution in [0.2, 0.25) is 5.02 Å². The summed E-state index contributed by atoms with van der Waals surface area (Å²) in [6, 6.07) is 7.86. The molecule has 0 amide bonds. The van der Waals surface area contributed by atoms with E-state index in [0.29, 0.717) is 22.4 Å². The van der Waals surface area contributed by atoms with Crippen LogP contribution < -0.4 is 10.2 Å². The van der Waals surface area contributed by atoms with E-state index >= 15 is 0 Å². The summed E-state index contributed by atoms with van der Waals surface area (Å²) in [5.41, 5.74) is 0.500. The van der Waals surface area contributed by atoms with Crippen molar-refractivity contribution < 1.29 is 19.0 Å². The maximum absolute atomic E-state index is 14.2. The fraction of sp³-hybridized carbons (Fsp3) is 0.158. The van der Waals surface area contributed by atoms with Crippen LogP contribution in [0.25, 0.3) is 10.9 Å². The summed E-state index contributed by atoms with van der Waals surface area (Å²) in [6.45, 7) is 0. The molecule has 0 radical (unpaired) electrons. The van der Waals surface area contributed by atoms with Gasteiger partial charge in [0, 0.05) is 31.1 Å². The lowest BCUT2D eigenvalue weighted by molar-refractivity contribution is 0.0695. The predicted octanol–water partition coefficient (Wildman–Crippen LogP) is 3.63. The minimum absolute atomic E-state index is 0.00586. The molecule has 2 aromatic carbocycles. The molecular formula is C19H15ClFNO4. The topological polar surface area (TPSA) is 68.5 Å². The van der Waals surface area contributed by atoms with Crippen LogP contribution in [-0.2, 0) is 13.5 Å². The van der Waals surface area contributed by atoms with Crippen LogP contribution in [0.4, 0.5) is 4.39 Å². The number of carboxylic acids is 1. The Morgan fingerprint density at radius 3 is 2.69 bits per heavy atom. The number of carbonyl (C=O) groups is 1. The SMILES string of the molecule is COc1cc2c(cc1Cc1cccc(Cl)c1F)c(=O)c(C(=O)O)cn2C. The van der Waals surface area contributed by atoms with Gasteiger partial charge in [0.25, 0.3) is 0 Å². The molecule has 26 heavy (non-hydrogen) atoms. The molecule has 0 unspecified atom stereocenters. The van der Waals surface area contributed by atoms with Crippen LogP contribution in [0.5, 0.6) is 5.75 Å². The van der Waals surface area contributed by atoms with E-state index in [1.807, 2.05) is 0 Å². The van der Waals surface area contributed by atoms with Gasteiger partial charge in [0.05, 0.1) is 17.6 Å². The average Bonchev–Trinajstić information content (AvgIpc) is 2.61. The van der Waals surface area contributed by atoms with E-state index in [1.165, 1.54) is 19.4 Å². The normalized spacial score (nSPS) is 10.9. The quantitative estimate of drug-likeness (QED) is 0.756. The number of aryl methyl sites for hydroxylation is 1. The smallest absolute Gasteiger partial charge is 0.341 e. The highest BCUT2D eigenvalue weighted by atomic mass is 35.5. The summed E-state index contributed by atoms with van der Waals surface area (Å²) < 4.78 is 21.2. The number of ether oxygens (including phenoxy) is 1. The van der Waals surface area contributed by atoms with E-state index in [0.717, 1.165) is 0 Å². The summed E-state index contributed by atoms with van der Waals surface area (Å²) in [6.07, 6.45) is 1.41.